The number of hydrogen-bond donors (Lipinski definition) is 0. The fourth-order valence-corrected chi connectivity index (χ4v) is 10.5. The Morgan fingerprint density at radius 3 is 1.25 bits per heavy atom. The average Bonchev–Trinajstić information content (AvgIpc) is 4.04. The highest BCUT2D eigenvalue weighted by atomic mass is 16.3. The average molecular weight is 733 g/mol. The molecule has 11 aromatic rings. The molecule has 0 bridgehead atoms. The first-order valence-electron chi connectivity index (χ1n) is 19.9. The molecule has 3 heteroatoms. The molecule has 0 N–H and O–H groups in total. The lowest BCUT2D eigenvalue weighted by Gasteiger charge is -2.22. The molecule has 0 saturated heterocycles. The van der Waals surface area contributed by atoms with E-state index in [1.165, 1.54) is 87.6 Å². The molecule has 0 fully saturated rings. The largest absolute Gasteiger partial charge is 0.456 e. The van der Waals surface area contributed by atoms with Gasteiger partial charge in [-0.15, -0.1) is 0 Å². The number of hydrogen-bond acceptors (Lipinski definition) is 3. The van der Waals surface area contributed by atoms with Gasteiger partial charge in [0.2, 0.25) is 0 Å². The number of benzene rings is 8. The molecule has 3 aromatic heterocycles. The maximum absolute atomic E-state index is 6.72. The summed E-state index contributed by atoms with van der Waals surface area (Å²) in [6, 6.07) is 52.8. The van der Waals surface area contributed by atoms with Gasteiger partial charge in [-0.25, -0.2) is 0 Å². The van der Waals surface area contributed by atoms with Crippen LogP contribution in [0.15, 0.2) is 159 Å². The highest BCUT2D eigenvalue weighted by Gasteiger charge is 2.38. The smallest absolute Gasteiger partial charge is 0.136 e. The zero-order valence-electron chi connectivity index (χ0n) is 32.1. The third-order valence-electron chi connectivity index (χ3n) is 13.5. The van der Waals surface area contributed by atoms with Crippen molar-refractivity contribution in [2.45, 2.75) is 38.5 Å². The maximum Gasteiger partial charge on any atom is 0.136 e. The second-order valence-electron chi connectivity index (χ2n) is 17.2. The van der Waals surface area contributed by atoms with Gasteiger partial charge in [0.25, 0.3) is 0 Å². The van der Waals surface area contributed by atoms with E-state index in [1.54, 1.807) is 0 Å². The van der Waals surface area contributed by atoms with Crippen LogP contribution in [0.2, 0.25) is 0 Å². The summed E-state index contributed by atoms with van der Waals surface area (Å²) in [7, 11) is 0. The van der Waals surface area contributed by atoms with Crippen LogP contribution < -0.4 is 0 Å². The van der Waals surface area contributed by atoms with Crippen molar-refractivity contribution >= 4 is 65.4 Å². The lowest BCUT2D eigenvalue weighted by molar-refractivity contribution is 0.596. The Balaban J connectivity index is 0.869. The molecule has 0 atom stereocenters. The lowest BCUT2D eigenvalue weighted by atomic mass is 9.81. The molecule has 3 nitrogen and oxygen atoms in total. The molecule has 3 heterocycles. The summed E-state index contributed by atoms with van der Waals surface area (Å²) < 4.78 is 19.7. The zero-order valence-corrected chi connectivity index (χ0v) is 32.1. The summed E-state index contributed by atoms with van der Waals surface area (Å²) in [4.78, 5) is 0. The molecule has 13 rings (SSSR count). The summed E-state index contributed by atoms with van der Waals surface area (Å²) in [6.07, 6.45) is 0. The molecule has 2 aliphatic carbocycles. The Kier molecular flexibility index (Phi) is 5.78. The summed E-state index contributed by atoms with van der Waals surface area (Å²) in [6.45, 7) is 9.36. The van der Waals surface area contributed by atoms with Crippen molar-refractivity contribution in [3.63, 3.8) is 0 Å². The summed E-state index contributed by atoms with van der Waals surface area (Å²) in [5, 5.41) is 9.65. The summed E-state index contributed by atoms with van der Waals surface area (Å²) in [5.41, 5.74) is 15.8. The fraction of sp³-hybridized carbons (Fsp3) is 0.111. The van der Waals surface area contributed by atoms with E-state index in [0.717, 1.165) is 45.0 Å². The SMILES string of the molecule is CC1(C)c2cc(-c3ccc(-c4ccc5c(c4)C(C)(C)c4cc6c(cc4-5)oc4ccc5ccccc5c46)o3)ccc2-c2cc3oc4ccc5ccccc5c4c3cc21. The van der Waals surface area contributed by atoms with Crippen molar-refractivity contribution in [3.8, 4) is 44.9 Å². The third kappa shape index (κ3) is 4.06. The maximum atomic E-state index is 6.72. The number of furan rings is 3. The van der Waals surface area contributed by atoms with E-state index >= 15 is 0 Å². The van der Waals surface area contributed by atoms with Crippen molar-refractivity contribution in [3.05, 3.63) is 168 Å². The van der Waals surface area contributed by atoms with Crippen LogP contribution in [-0.2, 0) is 10.8 Å². The second-order valence-corrected chi connectivity index (χ2v) is 17.2. The van der Waals surface area contributed by atoms with Crippen LogP contribution >= 0.6 is 0 Å². The first-order chi connectivity index (χ1) is 27.7. The van der Waals surface area contributed by atoms with E-state index < -0.39 is 0 Å². The van der Waals surface area contributed by atoms with Crippen LogP contribution in [0, 0.1) is 0 Å². The predicted octanol–water partition coefficient (Wildman–Crippen LogP) is 15.3. The van der Waals surface area contributed by atoms with Crippen molar-refractivity contribution < 1.29 is 13.3 Å². The third-order valence-corrected chi connectivity index (χ3v) is 13.5. The highest BCUT2D eigenvalue weighted by Crippen LogP contribution is 2.54. The van der Waals surface area contributed by atoms with E-state index in [-0.39, 0.29) is 10.8 Å². The molecule has 57 heavy (non-hydrogen) atoms. The molecule has 0 saturated carbocycles. The predicted molar refractivity (Wildman–Crippen MR) is 234 cm³/mol. The topological polar surface area (TPSA) is 39.4 Å². The van der Waals surface area contributed by atoms with E-state index in [2.05, 4.69) is 173 Å². The van der Waals surface area contributed by atoms with Gasteiger partial charge in [-0.1, -0.05) is 113 Å². The molecule has 2 aliphatic rings. The standard InChI is InChI=1S/C54H36O3/c1-53(2)41-23-31(13-17-35(41)37-27-49-39(25-43(37)53)51-33-11-7-5-9-29(33)15-19-47(51)56-49)45-21-22-46(55-45)32-14-18-36-38-28-50-40(26-44(38)54(3,4)42(36)24-32)52-34-12-8-6-10-30(34)16-20-48(52)57-50/h5-28H,1-4H3. The van der Waals surface area contributed by atoms with Crippen molar-refractivity contribution in [2.24, 2.45) is 0 Å². The minimum atomic E-state index is -0.195. The van der Waals surface area contributed by atoms with Crippen LogP contribution in [0.4, 0.5) is 0 Å². The molecule has 0 aliphatic heterocycles. The van der Waals surface area contributed by atoms with Crippen LogP contribution in [0.1, 0.15) is 49.9 Å². The molecule has 270 valence electrons. The first kappa shape index (κ1) is 31.4. The normalized spacial score (nSPS) is 14.9. The summed E-state index contributed by atoms with van der Waals surface area (Å²) in [5.74, 6) is 1.74. The van der Waals surface area contributed by atoms with Gasteiger partial charge in [0.05, 0.1) is 0 Å². The van der Waals surface area contributed by atoms with E-state index in [0.29, 0.717) is 0 Å². The van der Waals surface area contributed by atoms with Gasteiger partial charge >= 0.3 is 0 Å². The minimum Gasteiger partial charge on any atom is -0.456 e. The molecular formula is C54H36O3. The Morgan fingerprint density at radius 2 is 0.772 bits per heavy atom. The van der Waals surface area contributed by atoms with Crippen molar-refractivity contribution in [1.29, 1.82) is 0 Å². The van der Waals surface area contributed by atoms with Crippen LogP contribution in [0.5, 0.6) is 0 Å². The zero-order chi connectivity index (χ0) is 37.9. The van der Waals surface area contributed by atoms with Gasteiger partial charge < -0.3 is 13.3 Å². The van der Waals surface area contributed by atoms with E-state index in [4.69, 9.17) is 13.3 Å². The lowest BCUT2D eigenvalue weighted by Crippen LogP contribution is -2.15. The Labute approximate surface area is 328 Å². The van der Waals surface area contributed by atoms with Crippen LogP contribution in [-0.4, -0.2) is 0 Å². The molecule has 0 unspecified atom stereocenters. The Bertz CT molecular complexity index is 3350. The second kappa shape index (κ2) is 10.5. The van der Waals surface area contributed by atoms with Gasteiger partial charge in [-0.2, -0.15) is 0 Å². The molecule has 8 aromatic carbocycles. The number of rotatable bonds is 2. The number of fused-ring (bicyclic) bond motifs is 16. The minimum absolute atomic E-state index is 0.195. The van der Waals surface area contributed by atoms with Gasteiger partial charge in [0.15, 0.2) is 0 Å². The van der Waals surface area contributed by atoms with Crippen molar-refractivity contribution in [2.75, 3.05) is 0 Å². The van der Waals surface area contributed by atoms with Gasteiger partial charge in [-0.05, 0) is 127 Å². The molecular weight excluding hydrogens is 697 g/mol. The molecule has 0 radical (unpaired) electrons. The molecule has 0 amide bonds. The van der Waals surface area contributed by atoms with Crippen molar-refractivity contribution in [1.82, 2.24) is 0 Å². The molecule has 0 spiro atoms. The summed E-state index contributed by atoms with van der Waals surface area (Å²) >= 11 is 0. The van der Waals surface area contributed by atoms with Gasteiger partial charge in [0, 0.05) is 43.5 Å². The monoisotopic (exact) mass is 732 g/mol. The quantitative estimate of drug-likeness (QED) is 0.178. The van der Waals surface area contributed by atoms with Crippen LogP contribution in [0.3, 0.4) is 0 Å². The Morgan fingerprint density at radius 1 is 0.333 bits per heavy atom. The van der Waals surface area contributed by atoms with E-state index in [9.17, 15) is 0 Å². The van der Waals surface area contributed by atoms with Crippen LogP contribution in [0.25, 0.3) is 110 Å². The van der Waals surface area contributed by atoms with Gasteiger partial charge in [0.1, 0.15) is 33.9 Å². The van der Waals surface area contributed by atoms with Gasteiger partial charge in [-0.3, -0.25) is 0 Å². The first-order valence-corrected chi connectivity index (χ1v) is 19.9. The Hall–Kier alpha value is -6.84. The highest BCUT2D eigenvalue weighted by molar-refractivity contribution is 6.21. The fourth-order valence-electron chi connectivity index (χ4n) is 10.5. The van der Waals surface area contributed by atoms with E-state index in [1.807, 2.05) is 0 Å².